The third kappa shape index (κ3) is 4.55. The van der Waals surface area contributed by atoms with Crippen LogP contribution in [0.25, 0.3) is 5.69 Å². The van der Waals surface area contributed by atoms with Gasteiger partial charge in [0.25, 0.3) is 0 Å². The normalized spacial score (nSPS) is 12.0. The molecule has 0 saturated carbocycles. The highest BCUT2D eigenvalue weighted by molar-refractivity contribution is 8.12. The first-order valence-corrected chi connectivity index (χ1v) is 10.6. The molecule has 1 heterocycles. The Hall–Kier alpha value is -1.81. The standard InChI is InChI=1S/C13H10Cl2F3N5O2S2/c1-26-5-27(24,25)22-10-9(4-19)21-23(12(10)20)11-7(14)2-6(3-8(11)15)13(16,17)18/h2-3,22H,5,20H2,1H3. The van der Waals surface area contributed by atoms with Gasteiger partial charge in [0, 0.05) is 0 Å². The summed E-state index contributed by atoms with van der Waals surface area (Å²) in [6, 6.07) is 2.89. The molecule has 0 aliphatic rings. The number of alkyl halides is 3. The van der Waals surface area contributed by atoms with E-state index in [1.807, 2.05) is 0 Å². The van der Waals surface area contributed by atoms with E-state index in [0.29, 0.717) is 12.1 Å². The second kappa shape index (κ2) is 7.67. The highest BCUT2D eigenvalue weighted by Crippen LogP contribution is 2.39. The van der Waals surface area contributed by atoms with Crippen molar-refractivity contribution in [3.63, 3.8) is 0 Å². The third-order valence-electron chi connectivity index (χ3n) is 3.11. The number of thioether (sulfide) groups is 1. The van der Waals surface area contributed by atoms with E-state index in [4.69, 9.17) is 28.9 Å². The van der Waals surface area contributed by atoms with Gasteiger partial charge in [-0.1, -0.05) is 23.2 Å². The number of halogens is 5. The van der Waals surface area contributed by atoms with E-state index in [1.165, 1.54) is 0 Å². The zero-order valence-corrected chi connectivity index (χ0v) is 16.4. The largest absolute Gasteiger partial charge is 0.416 e. The maximum Gasteiger partial charge on any atom is 0.416 e. The van der Waals surface area contributed by atoms with Crippen molar-refractivity contribution < 1.29 is 21.6 Å². The van der Waals surface area contributed by atoms with E-state index in [-0.39, 0.29) is 22.3 Å². The van der Waals surface area contributed by atoms with E-state index in [9.17, 15) is 26.9 Å². The van der Waals surface area contributed by atoms with Gasteiger partial charge in [-0.2, -0.15) is 23.5 Å². The van der Waals surface area contributed by atoms with Crippen LogP contribution in [0.15, 0.2) is 12.1 Å². The van der Waals surface area contributed by atoms with Crippen molar-refractivity contribution in [2.75, 3.05) is 21.8 Å². The highest BCUT2D eigenvalue weighted by atomic mass is 35.5. The van der Waals surface area contributed by atoms with Crippen LogP contribution in [0.2, 0.25) is 10.0 Å². The number of nitrogens with zero attached hydrogens (tertiary/aromatic N) is 3. The number of sulfonamides is 1. The number of aromatic nitrogens is 2. The molecule has 0 fully saturated rings. The topological polar surface area (TPSA) is 114 Å². The minimum atomic E-state index is -4.68. The fourth-order valence-corrected chi connectivity index (χ4v) is 4.69. The van der Waals surface area contributed by atoms with Crippen LogP contribution >= 0.6 is 35.0 Å². The van der Waals surface area contributed by atoms with E-state index < -0.39 is 37.5 Å². The number of nitrogens with one attached hydrogen (secondary N) is 1. The Bertz CT molecular complexity index is 1010. The van der Waals surface area contributed by atoms with Crippen molar-refractivity contribution in [2.24, 2.45) is 0 Å². The Labute approximate surface area is 166 Å². The summed E-state index contributed by atoms with van der Waals surface area (Å²) >= 11 is 12.8. The Morgan fingerprint density at radius 2 is 1.93 bits per heavy atom. The molecule has 3 N–H and O–H groups in total. The quantitative estimate of drug-likeness (QED) is 0.703. The zero-order chi connectivity index (χ0) is 20.6. The number of hydrogen-bond acceptors (Lipinski definition) is 6. The molecule has 2 rings (SSSR count). The predicted octanol–water partition coefficient (Wildman–Crippen LogP) is 3.71. The second-order valence-electron chi connectivity index (χ2n) is 5.04. The average Bonchev–Trinajstić information content (AvgIpc) is 2.82. The van der Waals surface area contributed by atoms with Crippen LogP contribution in [-0.4, -0.2) is 29.5 Å². The summed E-state index contributed by atoms with van der Waals surface area (Å²) in [5.74, 6) is -0.361. The maximum atomic E-state index is 12.9. The molecule has 146 valence electrons. The van der Waals surface area contributed by atoms with Crippen molar-refractivity contribution in [3.05, 3.63) is 33.4 Å². The van der Waals surface area contributed by atoms with Crippen LogP contribution in [0, 0.1) is 11.3 Å². The summed E-state index contributed by atoms with van der Waals surface area (Å²) in [7, 11) is -3.84. The molecule has 1 aromatic heterocycles. The Balaban J connectivity index is 2.64. The molecule has 7 nitrogen and oxygen atoms in total. The van der Waals surface area contributed by atoms with Gasteiger partial charge < -0.3 is 5.73 Å². The van der Waals surface area contributed by atoms with Crippen LogP contribution < -0.4 is 10.5 Å². The van der Waals surface area contributed by atoms with E-state index in [2.05, 4.69) is 9.82 Å². The molecule has 0 aliphatic carbocycles. The molecule has 0 radical (unpaired) electrons. The summed E-state index contributed by atoms with van der Waals surface area (Å²) < 4.78 is 65.4. The van der Waals surface area contributed by atoms with Gasteiger partial charge in [-0.25, -0.2) is 13.1 Å². The van der Waals surface area contributed by atoms with Crippen LogP contribution in [0.5, 0.6) is 0 Å². The lowest BCUT2D eigenvalue weighted by Crippen LogP contribution is -2.16. The Morgan fingerprint density at radius 1 is 1.37 bits per heavy atom. The van der Waals surface area contributed by atoms with Gasteiger partial charge in [-0.15, -0.1) is 11.8 Å². The van der Waals surface area contributed by atoms with Crippen LogP contribution in [0.1, 0.15) is 11.3 Å². The van der Waals surface area contributed by atoms with Gasteiger partial charge in [0.2, 0.25) is 10.0 Å². The highest BCUT2D eigenvalue weighted by Gasteiger charge is 2.33. The summed E-state index contributed by atoms with van der Waals surface area (Å²) in [5.41, 5.74) is 3.82. The monoisotopic (exact) mass is 459 g/mol. The lowest BCUT2D eigenvalue weighted by molar-refractivity contribution is -0.137. The lowest BCUT2D eigenvalue weighted by Gasteiger charge is -2.13. The summed E-state index contributed by atoms with van der Waals surface area (Å²) in [6.45, 7) is 0. The molecule has 1 aromatic carbocycles. The van der Waals surface area contributed by atoms with Gasteiger partial charge in [-0.3, -0.25) is 4.72 Å². The Morgan fingerprint density at radius 3 is 2.37 bits per heavy atom. The zero-order valence-electron chi connectivity index (χ0n) is 13.3. The molecule has 14 heteroatoms. The SMILES string of the molecule is CSCS(=O)(=O)Nc1c(C#N)nn(-c2c(Cl)cc(C(F)(F)F)cc2Cl)c1N. The second-order valence-corrected chi connectivity index (χ2v) is 8.81. The fourth-order valence-electron chi connectivity index (χ4n) is 2.05. The van der Waals surface area contributed by atoms with Crippen LogP contribution in [0.4, 0.5) is 24.7 Å². The average molecular weight is 460 g/mol. The minimum absolute atomic E-state index is 0.226. The molecule has 0 aliphatic heterocycles. The van der Waals surface area contributed by atoms with E-state index in [0.717, 1.165) is 16.4 Å². The first-order chi connectivity index (χ1) is 12.4. The first-order valence-electron chi connectivity index (χ1n) is 6.76. The molecule has 0 unspecified atom stereocenters. The Kier molecular flexibility index (Phi) is 6.10. The summed E-state index contributed by atoms with van der Waals surface area (Å²) in [4.78, 5) is 0. The maximum absolute atomic E-state index is 12.9. The molecule has 27 heavy (non-hydrogen) atoms. The number of rotatable bonds is 5. The van der Waals surface area contributed by atoms with Gasteiger partial charge in [0.15, 0.2) is 11.5 Å². The number of nitriles is 1. The smallest absolute Gasteiger partial charge is 0.382 e. The third-order valence-corrected chi connectivity index (χ3v) is 6.39. The first kappa shape index (κ1) is 21.5. The van der Waals surface area contributed by atoms with Crippen molar-refractivity contribution in [1.29, 1.82) is 5.26 Å². The minimum Gasteiger partial charge on any atom is -0.382 e. The van der Waals surface area contributed by atoms with Gasteiger partial charge >= 0.3 is 6.18 Å². The number of anilines is 2. The van der Waals surface area contributed by atoms with Crippen molar-refractivity contribution >= 4 is 56.5 Å². The van der Waals surface area contributed by atoms with Gasteiger partial charge in [0.1, 0.15) is 22.5 Å². The molecular weight excluding hydrogens is 450 g/mol. The molecule has 2 aromatic rings. The van der Waals surface area contributed by atoms with Gasteiger partial charge in [0.05, 0.1) is 15.6 Å². The summed E-state index contributed by atoms with van der Waals surface area (Å²) in [6.07, 6.45) is -3.13. The number of hydrogen-bond donors (Lipinski definition) is 2. The van der Waals surface area contributed by atoms with Crippen LogP contribution in [0.3, 0.4) is 0 Å². The van der Waals surface area contributed by atoms with Crippen molar-refractivity contribution in [2.45, 2.75) is 6.18 Å². The molecule has 0 spiro atoms. The van der Waals surface area contributed by atoms with Crippen molar-refractivity contribution in [3.8, 4) is 11.8 Å². The molecule has 0 atom stereocenters. The van der Waals surface area contributed by atoms with Gasteiger partial charge in [-0.05, 0) is 18.4 Å². The fraction of sp³-hybridized carbons (Fsp3) is 0.231. The van der Waals surface area contributed by atoms with Crippen molar-refractivity contribution in [1.82, 2.24) is 9.78 Å². The predicted molar refractivity (Wildman–Crippen MR) is 98.6 cm³/mol. The molecule has 0 amide bonds. The lowest BCUT2D eigenvalue weighted by atomic mass is 10.2. The van der Waals surface area contributed by atoms with E-state index >= 15 is 0 Å². The molecule has 0 saturated heterocycles. The number of nitrogens with two attached hydrogens (primary N) is 1. The molecular formula is C13H10Cl2F3N5O2S2. The number of benzene rings is 1. The van der Waals surface area contributed by atoms with Crippen LogP contribution in [-0.2, 0) is 16.2 Å². The molecule has 0 bridgehead atoms. The summed E-state index contributed by atoms with van der Waals surface area (Å²) in [5, 5.41) is 11.8. The van der Waals surface area contributed by atoms with E-state index in [1.54, 1.807) is 12.3 Å². The number of nitrogen functional groups attached to an aromatic ring is 1.